The molecule has 0 saturated heterocycles. The van der Waals surface area contributed by atoms with E-state index in [2.05, 4.69) is 36.4 Å². The largest absolute Gasteiger partial charge is 0.311 e. The van der Waals surface area contributed by atoms with Crippen molar-refractivity contribution in [1.82, 2.24) is 14.8 Å². The Morgan fingerprint density at radius 2 is 1.87 bits per heavy atom. The molecular weight excluding hydrogens is 431 g/mol. The maximum Gasteiger partial charge on any atom is 0.225 e. The minimum Gasteiger partial charge on any atom is -0.311 e. The van der Waals surface area contributed by atoms with Crippen LogP contribution in [0.3, 0.4) is 0 Å². The number of thioether (sulfide) groups is 1. The Morgan fingerprint density at radius 1 is 1.13 bits per heavy atom. The van der Waals surface area contributed by atoms with Crippen molar-refractivity contribution < 1.29 is 9.18 Å². The lowest BCUT2D eigenvalue weighted by Gasteiger charge is -2.06. The number of aryl methyl sites for hydroxylation is 3. The van der Waals surface area contributed by atoms with Gasteiger partial charge in [0.1, 0.15) is 11.6 Å². The van der Waals surface area contributed by atoms with E-state index in [4.69, 9.17) is 4.98 Å². The van der Waals surface area contributed by atoms with Gasteiger partial charge in [0.05, 0.1) is 15.9 Å². The minimum absolute atomic E-state index is 0.0614. The number of benzene rings is 2. The molecule has 1 N–H and O–H groups in total. The zero-order valence-corrected chi connectivity index (χ0v) is 19.2. The number of hydrogen-bond donors (Lipinski definition) is 1. The number of nitrogens with zero attached hydrogens (tertiary/aromatic N) is 3. The summed E-state index contributed by atoms with van der Waals surface area (Å²) >= 11 is 3.17. The molecule has 0 aliphatic rings. The molecule has 160 valence electrons. The SMILES string of the molecule is Cc1cc(NC(=O)CCCSc2ccc(F)cc2)n(-c2nc3cc(C)c(C)cc3s2)n1. The van der Waals surface area contributed by atoms with E-state index in [0.717, 1.165) is 38.1 Å². The van der Waals surface area contributed by atoms with Gasteiger partial charge in [-0.05, 0) is 80.5 Å². The molecule has 0 radical (unpaired) electrons. The second-order valence-corrected chi connectivity index (χ2v) is 9.61. The average molecular weight is 455 g/mol. The summed E-state index contributed by atoms with van der Waals surface area (Å²) in [6.07, 6.45) is 1.12. The Hall–Kier alpha value is -2.71. The van der Waals surface area contributed by atoms with Crippen molar-refractivity contribution in [2.75, 3.05) is 11.1 Å². The third kappa shape index (κ3) is 5.14. The van der Waals surface area contributed by atoms with Gasteiger partial charge < -0.3 is 5.32 Å². The number of amides is 1. The normalized spacial score (nSPS) is 11.2. The molecule has 0 fully saturated rings. The Morgan fingerprint density at radius 3 is 2.65 bits per heavy atom. The summed E-state index contributed by atoms with van der Waals surface area (Å²) in [6, 6.07) is 12.5. The fourth-order valence-electron chi connectivity index (χ4n) is 3.15. The van der Waals surface area contributed by atoms with Crippen molar-refractivity contribution in [3.63, 3.8) is 0 Å². The zero-order chi connectivity index (χ0) is 22.0. The third-order valence-corrected chi connectivity index (χ3v) is 7.00. The summed E-state index contributed by atoms with van der Waals surface area (Å²) in [4.78, 5) is 18.2. The summed E-state index contributed by atoms with van der Waals surface area (Å²) in [5, 5.41) is 8.24. The maximum absolute atomic E-state index is 13.0. The van der Waals surface area contributed by atoms with Crippen LogP contribution in [-0.2, 0) is 4.79 Å². The third-order valence-electron chi connectivity index (χ3n) is 4.90. The van der Waals surface area contributed by atoms with Crippen LogP contribution in [0.2, 0.25) is 0 Å². The van der Waals surface area contributed by atoms with E-state index in [0.29, 0.717) is 12.2 Å². The molecule has 0 saturated carbocycles. The fourth-order valence-corrected chi connectivity index (χ4v) is 5.02. The molecule has 2 aromatic carbocycles. The van der Waals surface area contributed by atoms with Gasteiger partial charge in [0, 0.05) is 17.4 Å². The predicted octanol–water partition coefficient (Wildman–Crippen LogP) is 6.06. The van der Waals surface area contributed by atoms with Gasteiger partial charge in [-0.15, -0.1) is 11.8 Å². The summed E-state index contributed by atoms with van der Waals surface area (Å²) in [6.45, 7) is 6.06. The lowest BCUT2D eigenvalue weighted by molar-refractivity contribution is -0.116. The van der Waals surface area contributed by atoms with Crippen molar-refractivity contribution in [2.45, 2.75) is 38.5 Å². The monoisotopic (exact) mass is 454 g/mol. The molecule has 0 aliphatic heterocycles. The molecule has 2 aromatic heterocycles. The number of halogens is 1. The molecule has 0 unspecified atom stereocenters. The molecule has 0 aliphatic carbocycles. The van der Waals surface area contributed by atoms with Crippen molar-refractivity contribution >= 4 is 45.0 Å². The van der Waals surface area contributed by atoms with Crippen LogP contribution in [0.15, 0.2) is 47.4 Å². The van der Waals surface area contributed by atoms with Crippen LogP contribution in [0, 0.1) is 26.6 Å². The van der Waals surface area contributed by atoms with Crippen molar-refractivity contribution in [3.8, 4) is 5.13 Å². The number of carbonyl (C=O) groups excluding carboxylic acids is 1. The summed E-state index contributed by atoms with van der Waals surface area (Å²) in [7, 11) is 0. The first-order valence-electron chi connectivity index (χ1n) is 10.0. The van der Waals surface area contributed by atoms with Gasteiger partial charge in [0.25, 0.3) is 0 Å². The van der Waals surface area contributed by atoms with Gasteiger partial charge in [-0.25, -0.2) is 9.37 Å². The lowest BCUT2D eigenvalue weighted by Crippen LogP contribution is -2.14. The maximum atomic E-state index is 13.0. The van der Waals surface area contributed by atoms with Gasteiger partial charge in [-0.3, -0.25) is 4.79 Å². The van der Waals surface area contributed by atoms with Crippen molar-refractivity contribution in [2.24, 2.45) is 0 Å². The van der Waals surface area contributed by atoms with Gasteiger partial charge in [0.15, 0.2) is 0 Å². The Labute approximate surface area is 188 Å². The first-order chi connectivity index (χ1) is 14.9. The predicted molar refractivity (Wildman–Crippen MR) is 126 cm³/mol. The molecule has 4 rings (SSSR count). The van der Waals surface area contributed by atoms with Crippen LogP contribution in [0.25, 0.3) is 15.3 Å². The number of anilines is 1. The zero-order valence-electron chi connectivity index (χ0n) is 17.6. The van der Waals surface area contributed by atoms with E-state index >= 15 is 0 Å². The number of hydrogen-bond acceptors (Lipinski definition) is 5. The van der Waals surface area contributed by atoms with E-state index in [1.165, 1.54) is 23.3 Å². The Bertz CT molecular complexity index is 1190. The lowest BCUT2D eigenvalue weighted by atomic mass is 10.1. The molecule has 5 nitrogen and oxygen atoms in total. The van der Waals surface area contributed by atoms with E-state index < -0.39 is 0 Å². The van der Waals surface area contributed by atoms with Crippen LogP contribution >= 0.6 is 23.1 Å². The quantitative estimate of drug-likeness (QED) is 0.272. The molecule has 8 heteroatoms. The first-order valence-corrected chi connectivity index (χ1v) is 11.8. The first kappa shape index (κ1) is 21.5. The molecule has 0 atom stereocenters. The Balaban J connectivity index is 1.40. The number of rotatable bonds is 7. The van der Waals surface area contributed by atoms with Gasteiger partial charge in [0.2, 0.25) is 11.0 Å². The highest BCUT2D eigenvalue weighted by Gasteiger charge is 2.15. The number of carbonyl (C=O) groups is 1. The standard InChI is InChI=1S/C23H23FN4OS2/c1-14-11-19-20(12-15(14)2)31-23(25-19)28-21(13-16(3)27-28)26-22(29)5-4-10-30-18-8-6-17(24)7-9-18/h6-9,11-13H,4-5,10H2,1-3H3,(H,26,29). The highest BCUT2D eigenvalue weighted by molar-refractivity contribution is 7.99. The molecule has 1 amide bonds. The van der Waals surface area contributed by atoms with Crippen molar-refractivity contribution in [3.05, 3.63) is 65.1 Å². The molecular formula is C23H23FN4OS2. The van der Waals surface area contributed by atoms with E-state index in [1.54, 1.807) is 39.9 Å². The van der Waals surface area contributed by atoms with Gasteiger partial charge in [-0.1, -0.05) is 11.3 Å². The van der Waals surface area contributed by atoms with E-state index in [-0.39, 0.29) is 11.7 Å². The number of nitrogens with one attached hydrogen (secondary N) is 1. The molecule has 0 bridgehead atoms. The molecule has 4 aromatic rings. The van der Waals surface area contributed by atoms with E-state index in [9.17, 15) is 9.18 Å². The fraction of sp³-hybridized carbons (Fsp3) is 0.261. The molecule has 2 heterocycles. The van der Waals surface area contributed by atoms with Crippen molar-refractivity contribution in [1.29, 1.82) is 0 Å². The summed E-state index contributed by atoms with van der Waals surface area (Å²) < 4.78 is 15.8. The van der Waals surface area contributed by atoms with Crippen LogP contribution in [0.1, 0.15) is 29.7 Å². The van der Waals surface area contributed by atoms with Crippen LogP contribution < -0.4 is 5.32 Å². The van der Waals surface area contributed by atoms with Crippen LogP contribution in [-0.4, -0.2) is 26.4 Å². The van der Waals surface area contributed by atoms with Gasteiger partial charge >= 0.3 is 0 Å². The Kier molecular flexibility index (Phi) is 6.38. The number of aromatic nitrogens is 3. The molecule has 0 spiro atoms. The second-order valence-electron chi connectivity index (χ2n) is 7.44. The topological polar surface area (TPSA) is 59.8 Å². The van der Waals surface area contributed by atoms with Crippen LogP contribution in [0.5, 0.6) is 0 Å². The van der Waals surface area contributed by atoms with Gasteiger partial charge in [-0.2, -0.15) is 9.78 Å². The second kappa shape index (κ2) is 9.20. The summed E-state index contributed by atoms with van der Waals surface area (Å²) in [5.74, 6) is 1.11. The number of thiazole rings is 1. The highest BCUT2D eigenvalue weighted by atomic mass is 32.2. The average Bonchev–Trinajstić information content (AvgIpc) is 3.29. The summed E-state index contributed by atoms with van der Waals surface area (Å²) in [5.41, 5.74) is 4.18. The van der Waals surface area contributed by atoms with Crippen LogP contribution in [0.4, 0.5) is 10.2 Å². The molecule has 31 heavy (non-hydrogen) atoms. The number of fused-ring (bicyclic) bond motifs is 1. The van der Waals surface area contributed by atoms with E-state index in [1.807, 2.05) is 13.0 Å². The highest BCUT2D eigenvalue weighted by Crippen LogP contribution is 2.29. The minimum atomic E-state index is -0.242. The smallest absolute Gasteiger partial charge is 0.225 e.